The molecule has 0 amide bonds. The molecule has 40 nitrogen and oxygen atoms in total. The van der Waals surface area contributed by atoms with Crippen LogP contribution in [0.4, 0.5) is 112 Å². The van der Waals surface area contributed by atoms with E-state index >= 15 is 0 Å². The number of aromatic nitrogens is 24. The van der Waals surface area contributed by atoms with Crippen LogP contribution in [0, 0.1) is 0 Å². The SMILES string of the molecule is CC(C)Nc1n[nH]c(Nc2cccc(Cl)c2)n1.CC(C)Nc1nc(NCCc2cccc(Cl)c2)n[nH]1.CC(C)Nc1nc(NCc2cccc(Cl)c2)n[nH]1.CN(C)c1n[nH]c(NCc2cccc(Cl)c2)n1.CN(C)c1n[nH]c(Nc2cccc(Cl)c2)n1.Nc1nc(NCCc2cccc(Cl)c2)n[nH]1.Nc1nc(NCc2cccc(Cl)c2)n[nH]1.Nc1nc(Nc2cccc(Cl)c2)n[nH]1. The van der Waals surface area contributed by atoms with Crippen LogP contribution in [-0.2, 0) is 32.5 Å². The van der Waals surface area contributed by atoms with Crippen LogP contribution in [0.25, 0.3) is 0 Å². The van der Waals surface area contributed by atoms with E-state index in [0.29, 0.717) is 147 Å². The second-order valence-corrected chi connectivity index (χ2v) is 32.8. The summed E-state index contributed by atoms with van der Waals surface area (Å²) < 4.78 is 0. The van der Waals surface area contributed by atoms with Gasteiger partial charge in [0, 0.05) is 136 Å². The molecule has 48 heteroatoms. The molecule has 696 valence electrons. The van der Waals surface area contributed by atoms with Crippen LogP contribution in [0.3, 0.4) is 0 Å². The lowest BCUT2D eigenvalue weighted by molar-refractivity contribution is 0.876. The zero-order chi connectivity index (χ0) is 94.7. The second-order valence-electron chi connectivity index (χ2n) is 29.3. The van der Waals surface area contributed by atoms with Crippen LogP contribution in [0.15, 0.2) is 194 Å². The number of anilines is 19. The molecule has 0 bridgehead atoms. The molecule has 16 aromatic rings. The van der Waals surface area contributed by atoms with E-state index in [1.54, 1.807) is 12.1 Å². The Morgan fingerprint density at radius 2 is 0.553 bits per heavy atom. The molecular weight excluding hydrogens is 1850 g/mol. The van der Waals surface area contributed by atoms with Crippen molar-refractivity contribution < 1.29 is 0 Å². The number of nitrogens with two attached hydrogens (primary N) is 3. The molecule has 0 fully saturated rings. The maximum absolute atomic E-state index is 5.93. The summed E-state index contributed by atoms with van der Waals surface area (Å²) in [6, 6.07) is 61.6. The van der Waals surface area contributed by atoms with Crippen molar-refractivity contribution in [2.45, 2.75) is 92.1 Å². The number of nitrogen functional groups attached to an aromatic ring is 3. The minimum Gasteiger partial charge on any atom is -0.368 e. The monoisotopic (exact) mass is 1950 g/mol. The first kappa shape index (κ1) is 102. The summed E-state index contributed by atoms with van der Waals surface area (Å²) in [7, 11) is 7.55. The molecule has 0 spiro atoms. The molecule has 0 radical (unpaired) electrons. The summed E-state index contributed by atoms with van der Waals surface area (Å²) in [5.41, 5.74) is 24.3. The molecule has 0 aliphatic carbocycles. The van der Waals surface area contributed by atoms with Crippen molar-refractivity contribution in [2.75, 3.05) is 127 Å². The van der Waals surface area contributed by atoms with E-state index in [4.69, 9.17) is 110 Å². The molecule has 0 aliphatic rings. The third kappa shape index (κ3) is 39.5. The predicted octanol–water partition coefficient (Wildman–Crippen LogP) is 18.4. The third-order valence-electron chi connectivity index (χ3n) is 16.4. The van der Waals surface area contributed by atoms with Gasteiger partial charge in [0.1, 0.15) is 0 Å². The van der Waals surface area contributed by atoms with Gasteiger partial charge in [0.15, 0.2) is 0 Å². The number of benzene rings is 8. The maximum atomic E-state index is 5.93. The number of hydrogen-bond donors (Lipinski definition) is 22. The van der Waals surface area contributed by atoms with Crippen LogP contribution in [0.5, 0.6) is 0 Å². The molecule has 0 saturated heterocycles. The molecule has 8 aromatic heterocycles. The summed E-state index contributed by atoms with van der Waals surface area (Å²) >= 11 is 47.0. The van der Waals surface area contributed by atoms with Crippen molar-refractivity contribution >= 4 is 205 Å². The number of nitrogens with zero attached hydrogens (tertiary/aromatic N) is 18. The lowest BCUT2D eigenvalue weighted by Gasteiger charge is -2.04. The van der Waals surface area contributed by atoms with Gasteiger partial charge in [-0.1, -0.05) is 172 Å². The minimum atomic E-state index is 0.273. The summed E-state index contributed by atoms with van der Waals surface area (Å²) in [5.74, 6) is 8.48. The fraction of sp³-hybridized carbons (Fsp3) is 0.238. The molecular formula is C84H104Cl8N40. The Morgan fingerprint density at radius 1 is 0.273 bits per heavy atom. The number of halogens is 8. The lowest BCUT2D eigenvalue weighted by Crippen LogP contribution is -2.11. The van der Waals surface area contributed by atoms with E-state index in [1.165, 1.54) is 11.1 Å². The third-order valence-corrected chi connectivity index (χ3v) is 18.3. The first-order chi connectivity index (χ1) is 63.4. The molecule has 8 heterocycles. The standard InChI is InChI=1S/C13H18ClN5.C12H16ClN5.2C11H14ClN5.2C10H12ClN5.C9H10ClN5.C8H8ClN5/c1-9(2)16-13-17-12(18-19-13)15-7-6-10-4-3-5-11(14)8-10;1-8(2)15-12-16-11(17-18-12)14-7-9-4-3-5-10(13)6-9;1-17(2)11-14-10(15-16-11)13-7-8-4-3-5-9(12)6-8;1-7(2)13-10-15-11(17-16-10)14-9-5-3-4-8(12)6-9;1-16(2)10-13-9(14-15-10)12-8-5-3-4-7(11)6-8;11-8-3-1-2-7(6-8)4-5-13-10-14-9(12)15-16-10;10-7-3-1-2-6(4-7)5-12-9-13-8(11)14-15-9;9-5-2-1-3-6(4-5)11-8-12-7(10)13-14-8/h3-5,8-9H,6-7H2,1-2H3,(H3,15,16,17,18,19);3-6,8H,7H2,1-2H3,(H3,14,15,16,17,18);3-6H,7H2,1-2H3,(H2,13,14,15,16);3-7H,1-2H3,(H3,13,14,15,16,17);3-6H,1-2H3,(H2,12,13,14,15);1-3,6H,4-5H2,(H4,12,13,14,15,16);1-4H,5H2,(H4,11,12,13,14,15);1-4H,(H4,10,11,12,13,14). The van der Waals surface area contributed by atoms with Gasteiger partial charge < -0.3 is 85.5 Å². The number of hydrogen-bond acceptors (Lipinski definition) is 32. The van der Waals surface area contributed by atoms with Crippen LogP contribution in [0.1, 0.15) is 69.4 Å². The molecule has 8 aromatic carbocycles. The zero-order valence-electron chi connectivity index (χ0n) is 73.5. The highest BCUT2D eigenvalue weighted by Crippen LogP contribution is 2.24. The van der Waals surface area contributed by atoms with Crippen LogP contribution >= 0.6 is 92.8 Å². The molecule has 0 atom stereocenters. The van der Waals surface area contributed by atoms with Crippen molar-refractivity contribution in [3.05, 3.63) is 262 Å². The van der Waals surface area contributed by atoms with Crippen molar-refractivity contribution in [3.8, 4) is 0 Å². The molecule has 132 heavy (non-hydrogen) atoms. The van der Waals surface area contributed by atoms with Gasteiger partial charge in [0.2, 0.25) is 95.2 Å². The Kier molecular flexibility index (Phi) is 41.5. The Morgan fingerprint density at radius 3 is 0.917 bits per heavy atom. The Hall–Kier alpha value is -14.0. The number of nitrogens with one attached hydrogen (secondary N) is 19. The van der Waals surface area contributed by atoms with Crippen molar-refractivity contribution in [1.82, 2.24) is 121 Å². The van der Waals surface area contributed by atoms with E-state index in [1.807, 2.05) is 242 Å². The summed E-state index contributed by atoms with van der Waals surface area (Å²) in [6.07, 6.45) is 1.73. The second kappa shape index (κ2) is 53.8. The zero-order valence-corrected chi connectivity index (χ0v) is 79.5. The van der Waals surface area contributed by atoms with Gasteiger partial charge in [-0.05, 0) is 197 Å². The van der Waals surface area contributed by atoms with Gasteiger partial charge >= 0.3 is 0 Å². The molecule has 0 aliphatic heterocycles. The van der Waals surface area contributed by atoms with Crippen LogP contribution in [-0.4, -0.2) is 181 Å². The Bertz CT molecular complexity index is 6020. The van der Waals surface area contributed by atoms with Gasteiger partial charge in [-0.15, -0.1) is 40.8 Å². The largest absolute Gasteiger partial charge is 0.368 e. The van der Waals surface area contributed by atoms with Gasteiger partial charge in [-0.3, -0.25) is 0 Å². The lowest BCUT2D eigenvalue weighted by atomic mass is 10.1. The smallest absolute Gasteiger partial charge is 0.248 e. The highest BCUT2D eigenvalue weighted by atomic mass is 35.5. The molecule has 0 unspecified atom stereocenters. The van der Waals surface area contributed by atoms with Crippen LogP contribution in [0.2, 0.25) is 40.2 Å². The van der Waals surface area contributed by atoms with Gasteiger partial charge in [0.25, 0.3) is 0 Å². The van der Waals surface area contributed by atoms with E-state index in [-0.39, 0.29) is 5.95 Å². The predicted molar refractivity (Wildman–Crippen MR) is 537 cm³/mol. The molecule has 25 N–H and O–H groups in total. The van der Waals surface area contributed by atoms with E-state index in [0.717, 1.165) is 79.8 Å². The fourth-order valence-electron chi connectivity index (χ4n) is 10.7. The molecule has 16 rings (SSSR count). The van der Waals surface area contributed by atoms with E-state index in [9.17, 15) is 0 Å². The highest BCUT2D eigenvalue weighted by Gasteiger charge is 2.12. The summed E-state index contributed by atoms with van der Waals surface area (Å²) in [4.78, 5) is 36.7. The van der Waals surface area contributed by atoms with Gasteiger partial charge in [0.05, 0.1) is 0 Å². The average molecular weight is 1960 g/mol. The Balaban J connectivity index is 0.000000170. The van der Waals surface area contributed by atoms with E-state index < -0.39 is 0 Å². The first-order valence-electron chi connectivity index (χ1n) is 40.7. The number of rotatable bonds is 31. The molecule has 0 saturated carbocycles. The quantitative estimate of drug-likeness (QED) is 0.0192. The minimum absolute atomic E-state index is 0.273. The Labute approximate surface area is 802 Å². The number of aromatic amines is 8. The van der Waals surface area contributed by atoms with Gasteiger partial charge in [-0.2, -0.15) is 39.9 Å². The summed E-state index contributed by atoms with van der Waals surface area (Å²) in [5, 5.41) is 93.2. The van der Waals surface area contributed by atoms with E-state index in [2.05, 4.69) is 200 Å². The summed E-state index contributed by atoms with van der Waals surface area (Å²) in [6.45, 7) is 15.6. The number of H-pyrrole nitrogens is 8. The maximum Gasteiger partial charge on any atom is 0.248 e. The topological polar surface area (TPSA) is 549 Å². The average Bonchev–Trinajstić information content (AvgIpc) is 1.75. The van der Waals surface area contributed by atoms with Crippen molar-refractivity contribution in [1.29, 1.82) is 0 Å². The fourth-order valence-corrected chi connectivity index (χ4v) is 12.3. The van der Waals surface area contributed by atoms with Crippen molar-refractivity contribution in [3.63, 3.8) is 0 Å². The van der Waals surface area contributed by atoms with Crippen LogP contribution < -0.4 is 85.5 Å². The first-order valence-corrected chi connectivity index (χ1v) is 43.7. The normalized spacial score (nSPS) is 10.4. The van der Waals surface area contributed by atoms with Crippen molar-refractivity contribution in [2.24, 2.45) is 0 Å². The van der Waals surface area contributed by atoms with Gasteiger partial charge in [-0.25, -0.2) is 40.8 Å². The highest BCUT2D eigenvalue weighted by molar-refractivity contribution is 6.33.